The fourth-order valence-corrected chi connectivity index (χ4v) is 1.53. The number of carbonyl (C=O) groups excluding carboxylic acids is 1. The molecule has 0 amide bonds. The Kier molecular flexibility index (Phi) is 2.59. The lowest BCUT2D eigenvalue weighted by atomic mass is 10.2. The Bertz CT molecular complexity index is 508. The predicted octanol–water partition coefficient (Wildman–Crippen LogP) is 1.20. The summed E-state index contributed by atoms with van der Waals surface area (Å²) in [5, 5.41) is 3.84. The van der Waals surface area contributed by atoms with E-state index < -0.39 is 0 Å². The predicted molar refractivity (Wildman–Crippen MR) is 56.4 cm³/mol. The Morgan fingerprint density at radius 3 is 2.87 bits per heavy atom. The van der Waals surface area contributed by atoms with Gasteiger partial charge in [0.2, 0.25) is 5.78 Å². The summed E-state index contributed by atoms with van der Waals surface area (Å²) in [6, 6.07) is 1.70. The second-order valence-corrected chi connectivity index (χ2v) is 3.84. The van der Waals surface area contributed by atoms with Crippen molar-refractivity contribution in [3.8, 4) is 0 Å². The topological polar surface area (TPSA) is 60.7 Å². The second kappa shape index (κ2) is 3.90. The van der Waals surface area contributed by atoms with E-state index in [9.17, 15) is 4.79 Å². The van der Waals surface area contributed by atoms with Gasteiger partial charge in [0.15, 0.2) is 5.82 Å². The maximum atomic E-state index is 11.9. The third-order valence-corrected chi connectivity index (χ3v) is 2.32. The summed E-state index contributed by atoms with van der Waals surface area (Å²) >= 11 is 3.25. The first-order valence-corrected chi connectivity index (χ1v) is 4.97. The van der Waals surface area contributed by atoms with Gasteiger partial charge in [0.1, 0.15) is 6.33 Å². The molecule has 76 valence electrons. The molecule has 0 radical (unpaired) electrons. The van der Waals surface area contributed by atoms with Crippen molar-refractivity contribution in [3.05, 3.63) is 40.6 Å². The SMILES string of the molecule is Cn1ncnc1C(=O)c1cncc(Br)c1. The molecule has 2 aromatic heterocycles. The van der Waals surface area contributed by atoms with Crippen LogP contribution in [0.2, 0.25) is 0 Å². The maximum absolute atomic E-state index is 11.9. The summed E-state index contributed by atoms with van der Waals surface area (Å²) in [5.41, 5.74) is 0.487. The van der Waals surface area contributed by atoms with E-state index in [2.05, 4.69) is 31.0 Å². The van der Waals surface area contributed by atoms with Crippen LogP contribution in [0.3, 0.4) is 0 Å². The van der Waals surface area contributed by atoms with Gasteiger partial charge in [-0.2, -0.15) is 5.10 Å². The molecule has 15 heavy (non-hydrogen) atoms. The third-order valence-electron chi connectivity index (χ3n) is 1.88. The molecule has 0 aromatic carbocycles. The molecule has 0 spiro atoms. The van der Waals surface area contributed by atoms with Gasteiger partial charge in [0.05, 0.1) is 0 Å². The summed E-state index contributed by atoms with van der Waals surface area (Å²) in [7, 11) is 1.67. The first-order valence-electron chi connectivity index (χ1n) is 4.18. The number of carbonyl (C=O) groups is 1. The van der Waals surface area contributed by atoms with E-state index >= 15 is 0 Å². The molecule has 0 unspecified atom stereocenters. The minimum absolute atomic E-state index is 0.191. The Labute approximate surface area is 94.3 Å². The minimum atomic E-state index is -0.191. The van der Waals surface area contributed by atoms with Gasteiger partial charge in [-0.25, -0.2) is 9.67 Å². The molecule has 0 aliphatic carbocycles. The van der Waals surface area contributed by atoms with Crippen molar-refractivity contribution < 1.29 is 4.79 Å². The molecule has 2 aromatic rings. The lowest BCUT2D eigenvalue weighted by Crippen LogP contribution is -2.10. The van der Waals surface area contributed by atoms with E-state index in [0.29, 0.717) is 11.4 Å². The zero-order valence-electron chi connectivity index (χ0n) is 7.88. The standard InChI is InChI=1S/C9H7BrN4O/c1-14-9(12-5-13-14)8(15)6-2-7(10)4-11-3-6/h2-5H,1H3. The van der Waals surface area contributed by atoms with Gasteiger partial charge in [-0.05, 0) is 22.0 Å². The van der Waals surface area contributed by atoms with Crippen LogP contribution in [-0.4, -0.2) is 25.5 Å². The van der Waals surface area contributed by atoms with Crippen molar-refractivity contribution in [2.24, 2.45) is 7.05 Å². The van der Waals surface area contributed by atoms with Crippen molar-refractivity contribution in [1.29, 1.82) is 0 Å². The highest BCUT2D eigenvalue weighted by atomic mass is 79.9. The molecule has 0 fully saturated rings. The molecule has 0 atom stereocenters. The molecule has 0 N–H and O–H groups in total. The highest BCUT2D eigenvalue weighted by molar-refractivity contribution is 9.10. The van der Waals surface area contributed by atoms with Crippen LogP contribution in [0.15, 0.2) is 29.3 Å². The summed E-state index contributed by atoms with van der Waals surface area (Å²) in [6.45, 7) is 0. The van der Waals surface area contributed by atoms with E-state index in [-0.39, 0.29) is 5.78 Å². The van der Waals surface area contributed by atoms with Crippen LogP contribution >= 0.6 is 15.9 Å². The Morgan fingerprint density at radius 1 is 1.47 bits per heavy atom. The number of nitrogens with zero attached hydrogens (tertiary/aromatic N) is 4. The van der Waals surface area contributed by atoms with Crippen LogP contribution in [0.5, 0.6) is 0 Å². The van der Waals surface area contributed by atoms with Gasteiger partial charge in [-0.15, -0.1) is 0 Å². The maximum Gasteiger partial charge on any atom is 0.231 e. The smallest absolute Gasteiger partial charge is 0.231 e. The summed E-state index contributed by atoms with van der Waals surface area (Å²) in [6.07, 6.45) is 4.47. The molecule has 6 heteroatoms. The highest BCUT2D eigenvalue weighted by Crippen LogP contribution is 2.12. The van der Waals surface area contributed by atoms with E-state index in [1.807, 2.05) is 0 Å². The van der Waals surface area contributed by atoms with Crippen molar-refractivity contribution in [3.63, 3.8) is 0 Å². The molecule has 2 rings (SSSR count). The van der Waals surface area contributed by atoms with Crippen LogP contribution in [-0.2, 0) is 7.05 Å². The van der Waals surface area contributed by atoms with Crippen LogP contribution in [0.25, 0.3) is 0 Å². The number of hydrogen-bond acceptors (Lipinski definition) is 4. The number of pyridine rings is 1. The quantitative estimate of drug-likeness (QED) is 0.767. The molecular weight excluding hydrogens is 260 g/mol. The molecule has 0 saturated carbocycles. The fourth-order valence-electron chi connectivity index (χ4n) is 1.17. The lowest BCUT2D eigenvalue weighted by molar-refractivity contribution is 0.102. The van der Waals surface area contributed by atoms with Gasteiger partial charge in [0.25, 0.3) is 0 Å². The number of aromatic nitrogens is 4. The van der Waals surface area contributed by atoms with E-state index in [4.69, 9.17) is 0 Å². The lowest BCUT2D eigenvalue weighted by Gasteiger charge is -1.99. The van der Waals surface area contributed by atoms with E-state index in [0.717, 1.165) is 4.47 Å². The Balaban J connectivity index is 2.41. The van der Waals surface area contributed by atoms with Crippen molar-refractivity contribution in [2.45, 2.75) is 0 Å². The molecule has 0 bridgehead atoms. The number of aryl methyl sites for hydroxylation is 1. The summed E-state index contributed by atoms with van der Waals surface area (Å²) < 4.78 is 2.19. The molecule has 2 heterocycles. The average Bonchev–Trinajstić information content (AvgIpc) is 2.63. The first kappa shape index (κ1) is 9.97. The largest absolute Gasteiger partial charge is 0.285 e. The highest BCUT2D eigenvalue weighted by Gasteiger charge is 2.14. The number of hydrogen-bond donors (Lipinski definition) is 0. The molecule has 0 saturated heterocycles. The van der Waals surface area contributed by atoms with Crippen LogP contribution in [0, 0.1) is 0 Å². The van der Waals surface area contributed by atoms with Gasteiger partial charge < -0.3 is 0 Å². The molecule has 5 nitrogen and oxygen atoms in total. The first-order chi connectivity index (χ1) is 7.18. The van der Waals surface area contributed by atoms with Crippen molar-refractivity contribution in [2.75, 3.05) is 0 Å². The van der Waals surface area contributed by atoms with Gasteiger partial charge in [0, 0.05) is 29.5 Å². The number of rotatable bonds is 2. The summed E-state index contributed by atoms with van der Waals surface area (Å²) in [4.78, 5) is 19.7. The van der Waals surface area contributed by atoms with Gasteiger partial charge in [-0.3, -0.25) is 9.78 Å². The fraction of sp³-hybridized carbons (Fsp3) is 0.111. The third kappa shape index (κ3) is 1.94. The second-order valence-electron chi connectivity index (χ2n) is 2.93. The Hall–Kier alpha value is -1.56. The number of halogens is 1. The molecular formula is C9H7BrN4O. The summed E-state index contributed by atoms with van der Waals surface area (Å²) in [5.74, 6) is 0.110. The normalized spacial score (nSPS) is 10.3. The van der Waals surface area contributed by atoms with E-state index in [1.165, 1.54) is 17.2 Å². The Morgan fingerprint density at radius 2 is 2.27 bits per heavy atom. The molecule has 0 aliphatic heterocycles. The van der Waals surface area contributed by atoms with E-state index in [1.54, 1.807) is 19.3 Å². The monoisotopic (exact) mass is 266 g/mol. The van der Waals surface area contributed by atoms with Crippen molar-refractivity contribution >= 4 is 21.7 Å². The zero-order chi connectivity index (χ0) is 10.8. The zero-order valence-corrected chi connectivity index (χ0v) is 9.47. The van der Waals surface area contributed by atoms with Gasteiger partial charge in [-0.1, -0.05) is 0 Å². The van der Waals surface area contributed by atoms with Crippen molar-refractivity contribution in [1.82, 2.24) is 19.7 Å². The molecule has 0 aliphatic rings. The number of ketones is 1. The average molecular weight is 267 g/mol. The van der Waals surface area contributed by atoms with Gasteiger partial charge >= 0.3 is 0 Å². The van der Waals surface area contributed by atoms with Crippen LogP contribution in [0.4, 0.5) is 0 Å². The van der Waals surface area contributed by atoms with Crippen LogP contribution < -0.4 is 0 Å². The van der Waals surface area contributed by atoms with Crippen LogP contribution in [0.1, 0.15) is 16.2 Å². The minimum Gasteiger partial charge on any atom is -0.285 e.